The number of hydrogen-bond acceptors (Lipinski definition) is 4. The Kier molecular flexibility index (Phi) is 9.07. The second-order valence-electron chi connectivity index (χ2n) is 7.26. The maximum absolute atomic E-state index is 12.5. The van der Waals surface area contributed by atoms with Crippen molar-refractivity contribution in [2.24, 2.45) is 0 Å². The van der Waals surface area contributed by atoms with E-state index in [1.54, 1.807) is 24.3 Å². The number of benzene rings is 3. The lowest BCUT2D eigenvalue weighted by Gasteiger charge is -2.14. The zero-order valence-electron chi connectivity index (χ0n) is 18.2. The molecule has 1 amide bonds. The van der Waals surface area contributed by atoms with E-state index in [2.05, 4.69) is 17.6 Å². The number of para-hydroxylation sites is 2. The average Bonchev–Trinajstić information content (AvgIpc) is 2.82. The van der Waals surface area contributed by atoms with Gasteiger partial charge in [-0.1, -0.05) is 62.2 Å². The first-order valence-electron chi connectivity index (χ1n) is 10.8. The number of carbonyl (C=O) groups is 1. The largest absolute Gasteiger partial charge is 0.494 e. The molecule has 3 aromatic rings. The molecule has 0 radical (unpaired) electrons. The van der Waals surface area contributed by atoms with Gasteiger partial charge in [0, 0.05) is 5.56 Å². The van der Waals surface area contributed by atoms with Gasteiger partial charge in [-0.15, -0.1) is 0 Å². The highest BCUT2D eigenvalue weighted by atomic mass is 32.1. The maximum Gasteiger partial charge on any atom is 0.257 e. The van der Waals surface area contributed by atoms with Crippen molar-refractivity contribution >= 4 is 28.9 Å². The highest BCUT2D eigenvalue weighted by Crippen LogP contribution is 2.24. The van der Waals surface area contributed by atoms with Crippen molar-refractivity contribution in [3.05, 3.63) is 90.0 Å². The highest BCUT2D eigenvalue weighted by Gasteiger charge is 2.10. The molecule has 0 aliphatic carbocycles. The van der Waals surface area contributed by atoms with Gasteiger partial charge in [-0.3, -0.25) is 10.1 Å². The quantitative estimate of drug-likeness (QED) is 0.296. The van der Waals surface area contributed by atoms with Gasteiger partial charge in [-0.2, -0.15) is 0 Å². The molecule has 0 heterocycles. The van der Waals surface area contributed by atoms with Crippen LogP contribution in [0.4, 0.5) is 5.69 Å². The van der Waals surface area contributed by atoms with Crippen molar-refractivity contribution in [1.82, 2.24) is 5.32 Å². The zero-order chi connectivity index (χ0) is 22.6. The Bertz CT molecular complexity index is 1010. The van der Waals surface area contributed by atoms with Gasteiger partial charge < -0.3 is 14.8 Å². The minimum absolute atomic E-state index is 0.200. The van der Waals surface area contributed by atoms with Crippen molar-refractivity contribution in [3.63, 3.8) is 0 Å². The van der Waals surface area contributed by atoms with Crippen molar-refractivity contribution in [1.29, 1.82) is 0 Å². The number of ether oxygens (including phenoxy) is 2. The Morgan fingerprint density at radius 3 is 2.34 bits per heavy atom. The van der Waals surface area contributed by atoms with Crippen LogP contribution in [0.5, 0.6) is 11.5 Å². The van der Waals surface area contributed by atoms with E-state index in [1.165, 1.54) is 0 Å². The van der Waals surface area contributed by atoms with E-state index < -0.39 is 0 Å². The average molecular weight is 449 g/mol. The minimum atomic E-state index is -0.289. The fourth-order valence-electron chi connectivity index (χ4n) is 3.00. The van der Waals surface area contributed by atoms with E-state index in [1.807, 2.05) is 54.6 Å². The summed E-state index contributed by atoms with van der Waals surface area (Å²) in [5.74, 6) is 1.11. The number of rotatable bonds is 10. The molecule has 166 valence electrons. The molecule has 3 aromatic carbocycles. The molecule has 0 aliphatic heterocycles. The van der Waals surface area contributed by atoms with Gasteiger partial charge in [-0.25, -0.2) is 0 Å². The van der Waals surface area contributed by atoms with E-state index in [9.17, 15) is 4.79 Å². The molecule has 0 unspecified atom stereocenters. The summed E-state index contributed by atoms with van der Waals surface area (Å²) in [7, 11) is 0. The van der Waals surface area contributed by atoms with Gasteiger partial charge in [0.25, 0.3) is 5.91 Å². The Morgan fingerprint density at radius 1 is 0.875 bits per heavy atom. The molecule has 0 saturated carbocycles. The van der Waals surface area contributed by atoms with Crippen LogP contribution in [0.15, 0.2) is 78.9 Å². The number of nitrogens with one attached hydrogen (secondary N) is 2. The summed E-state index contributed by atoms with van der Waals surface area (Å²) in [4.78, 5) is 12.5. The first-order chi connectivity index (χ1) is 15.7. The zero-order valence-corrected chi connectivity index (χ0v) is 19.0. The summed E-state index contributed by atoms with van der Waals surface area (Å²) >= 11 is 5.33. The monoisotopic (exact) mass is 448 g/mol. The molecule has 0 saturated heterocycles. The van der Waals surface area contributed by atoms with Crippen molar-refractivity contribution < 1.29 is 14.3 Å². The molecule has 0 aromatic heterocycles. The van der Waals surface area contributed by atoms with Crippen LogP contribution in [0, 0.1) is 0 Å². The Morgan fingerprint density at radius 2 is 1.59 bits per heavy atom. The van der Waals surface area contributed by atoms with E-state index in [-0.39, 0.29) is 11.0 Å². The van der Waals surface area contributed by atoms with Gasteiger partial charge in [0.2, 0.25) is 0 Å². The van der Waals surface area contributed by atoms with Crippen LogP contribution in [0.3, 0.4) is 0 Å². The minimum Gasteiger partial charge on any atom is -0.494 e. The van der Waals surface area contributed by atoms with E-state index in [4.69, 9.17) is 21.7 Å². The predicted octanol–water partition coefficient (Wildman–Crippen LogP) is 5.96. The Hall–Kier alpha value is -3.38. The summed E-state index contributed by atoms with van der Waals surface area (Å²) in [6, 6.07) is 24.4. The molecule has 0 aliphatic rings. The van der Waals surface area contributed by atoms with Crippen LogP contribution in [0.25, 0.3) is 0 Å². The molecule has 3 rings (SSSR count). The molecule has 0 bridgehead atoms. The molecule has 32 heavy (non-hydrogen) atoms. The summed E-state index contributed by atoms with van der Waals surface area (Å²) in [6.07, 6.45) is 3.32. The van der Waals surface area contributed by atoms with Gasteiger partial charge in [0.1, 0.15) is 18.1 Å². The van der Waals surface area contributed by atoms with Crippen molar-refractivity contribution in [2.45, 2.75) is 32.8 Å². The SMILES string of the molecule is CCCCCOc1ccc(C(=O)NC(=S)Nc2ccccc2OCc2ccccc2)cc1. The number of unbranched alkanes of at least 4 members (excludes halogenated alkanes) is 2. The van der Waals surface area contributed by atoms with E-state index >= 15 is 0 Å². The molecule has 0 fully saturated rings. The lowest BCUT2D eigenvalue weighted by molar-refractivity contribution is 0.0977. The van der Waals surface area contributed by atoms with Crippen molar-refractivity contribution in [2.75, 3.05) is 11.9 Å². The highest BCUT2D eigenvalue weighted by molar-refractivity contribution is 7.80. The number of carbonyl (C=O) groups excluding carboxylic acids is 1. The van der Waals surface area contributed by atoms with Crippen LogP contribution >= 0.6 is 12.2 Å². The normalized spacial score (nSPS) is 10.3. The third kappa shape index (κ3) is 7.39. The van der Waals surface area contributed by atoms with Crippen LogP contribution in [0.1, 0.15) is 42.1 Å². The second-order valence-corrected chi connectivity index (χ2v) is 7.67. The van der Waals surface area contributed by atoms with Crippen molar-refractivity contribution in [3.8, 4) is 11.5 Å². The van der Waals surface area contributed by atoms with Gasteiger partial charge in [0.15, 0.2) is 5.11 Å². The fraction of sp³-hybridized carbons (Fsp3) is 0.231. The predicted molar refractivity (Wildman–Crippen MR) is 132 cm³/mol. The topological polar surface area (TPSA) is 59.6 Å². The van der Waals surface area contributed by atoms with Crippen LogP contribution in [-0.2, 0) is 6.61 Å². The van der Waals surface area contributed by atoms with Crippen LogP contribution in [-0.4, -0.2) is 17.6 Å². The van der Waals surface area contributed by atoms with Gasteiger partial charge in [0.05, 0.1) is 12.3 Å². The standard InChI is InChI=1S/C26H28N2O3S/c1-2-3-9-18-30-22-16-14-21(15-17-22)25(29)28-26(32)27-23-12-7-8-13-24(23)31-19-20-10-5-4-6-11-20/h4-8,10-17H,2-3,9,18-19H2,1H3,(H2,27,28,29,32). The molecule has 0 atom stereocenters. The first kappa shape index (κ1) is 23.3. The smallest absolute Gasteiger partial charge is 0.257 e. The maximum atomic E-state index is 12.5. The Balaban J connectivity index is 1.52. The number of amides is 1. The summed E-state index contributed by atoms with van der Waals surface area (Å²) in [5, 5.41) is 5.96. The second kappa shape index (κ2) is 12.5. The molecule has 0 spiro atoms. The number of thiocarbonyl (C=S) groups is 1. The number of hydrogen-bond donors (Lipinski definition) is 2. The summed E-state index contributed by atoms with van der Waals surface area (Å²) in [6.45, 7) is 3.27. The fourth-order valence-corrected chi connectivity index (χ4v) is 3.21. The third-order valence-corrected chi connectivity index (χ3v) is 4.94. The summed E-state index contributed by atoms with van der Waals surface area (Å²) in [5.41, 5.74) is 2.25. The van der Waals surface area contributed by atoms with Gasteiger partial charge >= 0.3 is 0 Å². The molecule has 5 nitrogen and oxygen atoms in total. The summed E-state index contributed by atoms with van der Waals surface area (Å²) < 4.78 is 11.6. The van der Waals surface area contributed by atoms with Crippen LogP contribution < -0.4 is 20.1 Å². The number of anilines is 1. The Labute approximate surface area is 194 Å². The molecule has 2 N–H and O–H groups in total. The molecular formula is C26H28N2O3S. The lowest BCUT2D eigenvalue weighted by Crippen LogP contribution is -2.34. The molecule has 6 heteroatoms. The van der Waals surface area contributed by atoms with E-state index in [0.717, 1.165) is 30.6 Å². The van der Waals surface area contributed by atoms with Gasteiger partial charge in [-0.05, 0) is 60.6 Å². The van der Waals surface area contributed by atoms with E-state index in [0.29, 0.717) is 30.2 Å². The molecular weight excluding hydrogens is 420 g/mol. The lowest BCUT2D eigenvalue weighted by atomic mass is 10.2. The van der Waals surface area contributed by atoms with Crippen LogP contribution in [0.2, 0.25) is 0 Å². The third-order valence-electron chi connectivity index (χ3n) is 4.73. The first-order valence-corrected chi connectivity index (χ1v) is 11.2.